The molecule has 0 saturated carbocycles. The Kier molecular flexibility index (Phi) is 4.31. The van der Waals surface area contributed by atoms with Gasteiger partial charge in [-0.3, -0.25) is 9.78 Å². The summed E-state index contributed by atoms with van der Waals surface area (Å²) in [6.45, 7) is 6.94. The molecule has 98 valence electrons. The molecule has 18 heavy (non-hydrogen) atoms. The molecule has 1 amide bonds. The molecule has 1 saturated heterocycles. The first-order chi connectivity index (χ1) is 8.72. The van der Waals surface area contributed by atoms with E-state index < -0.39 is 0 Å². The van der Waals surface area contributed by atoms with Crippen LogP contribution in [0.4, 0.5) is 0 Å². The standard InChI is InChI=1S/C14H21N3O/c1-3-15-12-7-9-17(10-11(12)2)14(18)13-6-4-5-8-16-13/h4-6,8,11-12,15H,3,7,9-10H2,1-2H3. The van der Waals surface area contributed by atoms with E-state index in [4.69, 9.17) is 0 Å². The van der Waals surface area contributed by atoms with Gasteiger partial charge in [-0.2, -0.15) is 0 Å². The molecule has 1 aromatic heterocycles. The molecule has 1 aromatic rings. The molecule has 4 nitrogen and oxygen atoms in total. The lowest BCUT2D eigenvalue weighted by atomic mass is 9.93. The minimum atomic E-state index is 0.0531. The van der Waals surface area contributed by atoms with Crippen LogP contribution in [0.2, 0.25) is 0 Å². The van der Waals surface area contributed by atoms with Gasteiger partial charge in [-0.25, -0.2) is 0 Å². The number of hydrogen-bond acceptors (Lipinski definition) is 3. The topological polar surface area (TPSA) is 45.2 Å². The van der Waals surface area contributed by atoms with Gasteiger partial charge in [0, 0.05) is 25.3 Å². The summed E-state index contributed by atoms with van der Waals surface area (Å²) in [5.41, 5.74) is 0.548. The van der Waals surface area contributed by atoms with Crippen molar-refractivity contribution in [2.24, 2.45) is 5.92 Å². The molecule has 0 aliphatic carbocycles. The summed E-state index contributed by atoms with van der Waals surface area (Å²) in [6.07, 6.45) is 2.69. The van der Waals surface area contributed by atoms with Crippen LogP contribution in [0.1, 0.15) is 30.8 Å². The Morgan fingerprint density at radius 3 is 3.00 bits per heavy atom. The van der Waals surface area contributed by atoms with E-state index in [1.165, 1.54) is 0 Å². The van der Waals surface area contributed by atoms with Gasteiger partial charge < -0.3 is 10.2 Å². The van der Waals surface area contributed by atoms with Gasteiger partial charge in [-0.15, -0.1) is 0 Å². The van der Waals surface area contributed by atoms with Crippen LogP contribution in [0, 0.1) is 5.92 Å². The highest BCUT2D eigenvalue weighted by Crippen LogP contribution is 2.18. The van der Waals surface area contributed by atoms with E-state index in [0.29, 0.717) is 17.7 Å². The number of nitrogens with zero attached hydrogens (tertiary/aromatic N) is 2. The van der Waals surface area contributed by atoms with Gasteiger partial charge in [0.25, 0.3) is 5.91 Å². The number of carbonyl (C=O) groups is 1. The summed E-state index contributed by atoms with van der Waals surface area (Å²) >= 11 is 0. The lowest BCUT2D eigenvalue weighted by Gasteiger charge is -2.37. The molecule has 4 heteroatoms. The van der Waals surface area contributed by atoms with Crippen molar-refractivity contribution in [1.29, 1.82) is 0 Å². The highest BCUT2D eigenvalue weighted by molar-refractivity contribution is 5.92. The van der Waals surface area contributed by atoms with Gasteiger partial charge in [-0.1, -0.05) is 19.9 Å². The third-order valence-corrected chi connectivity index (χ3v) is 3.54. The maximum atomic E-state index is 12.3. The average Bonchev–Trinajstić information content (AvgIpc) is 2.41. The Bertz CT molecular complexity index is 393. The third-order valence-electron chi connectivity index (χ3n) is 3.54. The van der Waals surface area contributed by atoms with Crippen LogP contribution in [0.3, 0.4) is 0 Å². The fourth-order valence-electron chi connectivity index (χ4n) is 2.55. The molecule has 1 fully saturated rings. The van der Waals surface area contributed by atoms with E-state index in [1.54, 1.807) is 12.3 Å². The molecule has 0 spiro atoms. The van der Waals surface area contributed by atoms with Crippen LogP contribution in [-0.2, 0) is 0 Å². The van der Waals surface area contributed by atoms with Gasteiger partial charge in [0.1, 0.15) is 5.69 Å². The number of hydrogen-bond donors (Lipinski definition) is 1. The highest BCUT2D eigenvalue weighted by atomic mass is 16.2. The van der Waals surface area contributed by atoms with Crippen molar-refractivity contribution >= 4 is 5.91 Å². The average molecular weight is 247 g/mol. The molecule has 1 N–H and O–H groups in total. The van der Waals surface area contributed by atoms with Gasteiger partial charge in [0.05, 0.1) is 0 Å². The van der Waals surface area contributed by atoms with Crippen LogP contribution in [-0.4, -0.2) is 41.5 Å². The number of carbonyl (C=O) groups excluding carboxylic acids is 1. The summed E-state index contributed by atoms with van der Waals surface area (Å²) in [5.74, 6) is 0.545. The van der Waals surface area contributed by atoms with Crippen molar-refractivity contribution in [3.05, 3.63) is 30.1 Å². The molecule has 1 aliphatic rings. The van der Waals surface area contributed by atoms with E-state index in [9.17, 15) is 4.79 Å². The normalized spacial score (nSPS) is 24.0. The predicted molar refractivity (Wildman–Crippen MR) is 71.4 cm³/mol. The molecule has 2 heterocycles. The number of likely N-dealkylation sites (tertiary alicyclic amines) is 1. The Morgan fingerprint density at radius 1 is 1.56 bits per heavy atom. The second kappa shape index (κ2) is 5.96. The Labute approximate surface area is 108 Å². The number of nitrogens with one attached hydrogen (secondary N) is 1. The van der Waals surface area contributed by atoms with Crippen LogP contribution in [0.15, 0.2) is 24.4 Å². The lowest BCUT2D eigenvalue weighted by molar-refractivity contribution is 0.0640. The van der Waals surface area contributed by atoms with E-state index in [2.05, 4.69) is 24.1 Å². The highest BCUT2D eigenvalue weighted by Gasteiger charge is 2.28. The van der Waals surface area contributed by atoms with Gasteiger partial charge in [0.15, 0.2) is 0 Å². The van der Waals surface area contributed by atoms with Crippen LogP contribution >= 0.6 is 0 Å². The molecular formula is C14H21N3O. The summed E-state index contributed by atoms with van der Waals surface area (Å²) in [7, 11) is 0. The fourth-order valence-corrected chi connectivity index (χ4v) is 2.55. The Balaban J connectivity index is 1.98. The first-order valence-corrected chi connectivity index (χ1v) is 6.66. The maximum absolute atomic E-state index is 12.3. The fraction of sp³-hybridized carbons (Fsp3) is 0.571. The maximum Gasteiger partial charge on any atom is 0.272 e. The second-order valence-electron chi connectivity index (χ2n) is 4.90. The zero-order valence-electron chi connectivity index (χ0n) is 11.1. The van der Waals surface area contributed by atoms with E-state index in [1.807, 2.05) is 17.0 Å². The van der Waals surface area contributed by atoms with Gasteiger partial charge in [-0.05, 0) is 31.0 Å². The Morgan fingerprint density at radius 2 is 2.39 bits per heavy atom. The number of pyridine rings is 1. The summed E-state index contributed by atoms with van der Waals surface area (Å²) in [4.78, 5) is 18.3. The molecule has 0 bridgehead atoms. The monoisotopic (exact) mass is 247 g/mol. The van der Waals surface area contributed by atoms with Crippen molar-refractivity contribution in [2.75, 3.05) is 19.6 Å². The van der Waals surface area contributed by atoms with Crippen molar-refractivity contribution in [3.63, 3.8) is 0 Å². The first-order valence-electron chi connectivity index (χ1n) is 6.66. The molecule has 1 aliphatic heterocycles. The van der Waals surface area contributed by atoms with Gasteiger partial charge in [0.2, 0.25) is 0 Å². The minimum Gasteiger partial charge on any atom is -0.337 e. The SMILES string of the molecule is CCNC1CCN(C(=O)c2ccccn2)CC1C. The number of rotatable bonds is 3. The zero-order chi connectivity index (χ0) is 13.0. The quantitative estimate of drug-likeness (QED) is 0.881. The number of piperidine rings is 1. The number of amides is 1. The van der Waals surface area contributed by atoms with Crippen LogP contribution in [0.5, 0.6) is 0 Å². The predicted octanol–water partition coefficient (Wildman–Crippen LogP) is 1.54. The van der Waals surface area contributed by atoms with Crippen molar-refractivity contribution in [2.45, 2.75) is 26.3 Å². The summed E-state index contributed by atoms with van der Waals surface area (Å²) in [6, 6.07) is 6.00. The van der Waals surface area contributed by atoms with Crippen LogP contribution < -0.4 is 5.32 Å². The smallest absolute Gasteiger partial charge is 0.272 e. The summed E-state index contributed by atoms with van der Waals surface area (Å²) in [5, 5.41) is 3.48. The van der Waals surface area contributed by atoms with E-state index >= 15 is 0 Å². The molecule has 2 atom stereocenters. The molecule has 0 radical (unpaired) electrons. The molecular weight excluding hydrogens is 226 g/mol. The van der Waals surface area contributed by atoms with Crippen molar-refractivity contribution in [1.82, 2.24) is 15.2 Å². The third kappa shape index (κ3) is 2.88. The van der Waals surface area contributed by atoms with Gasteiger partial charge >= 0.3 is 0 Å². The summed E-state index contributed by atoms with van der Waals surface area (Å²) < 4.78 is 0. The van der Waals surface area contributed by atoms with E-state index in [-0.39, 0.29) is 5.91 Å². The van der Waals surface area contributed by atoms with E-state index in [0.717, 1.165) is 26.1 Å². The molecule has 0 aromatic carbocycles. The largest absolute Gasteiger partial charge is 0.337 e. The van der Waals surface area contributed by atoms with Crippen molar-refractivity contribution in [3.8, 4) is 0 Å². The second-order valence-corrected chi connectivity index (χ2v) is 4.90. The lowest BCUT2D eigenvalue weighted by Crippen LogP contribution is -2.50. The minimum absolute atomic E-state index is 0.0531. The Hall–Kier alpha value is -1.42. The number of aromatic nitrogens is 1. The van der Waals surface area contributed by atoms with Crippen molar-refractivity contribution < 1.29 is 4.79 Å². The molecule has 2 rings (SSSR count). The molecule has 2 unspecified atom stereocenters. The first kappa shape index (κ1) is 13.0. The van der Waals surface area contributed by atoms with Crippen LogP contribution in [0.25, 0.3) is 0 Å². The zero-order valence-corrected chi connectivity index (χ0v) is 11.1.